The summed E-state index contributed by atoms with van der Waals surface area (Å²) in [6.45, 7) is 2.39. The minimum absolute atomic E-state index is 0.129. The van der Waals surface area contributed by atoms with Crippen molar-refractivity contribution in [1.82, 2.24) is 0 Å². The Kier molecular flexibility index (Phi) is 9.49. The van der Waals surface area contributed by atoms with Gasteiger partial charge >= 0.3 is 0 Å². The lowest BCUT2D eigenvalue weighted by molar-refractivity contribution is 0.285. The summed E-state index contributed by atoms with van der Waals surface area (Å²) >= 11 is 1.58. The zero-order valence-corrected chi connectivity index (χ0v) is 12.9. The molecule has 1 N–H and O–H groups in total. The molecule has 1 nitrogen and oxygen atoms in total. The van der Waals surface area contributed by atoms with Crippen LogP contribution in [0.5, 0.6) is 0 Å². The Hall–Kier alpha value is -0.780. The minimum Gasteiger partial charge on any atom is -0.391 e. The van der Waals surface area contributed by atoms with Gasteiger partial charge in [0.1, 0.15) is 0 Å². The first kappa shape index (κ1) is 16.3. The van der Waals surface area contributed by atoms with Crippen molar-refractivity contribution >= 4 is 11.3 Å². The van der Waals surface area contributed by atoms with Crippen LogP contribution in [0.25, 0.3) is 0 Å². The number of hydrogen-bond acceptors (Lipinski definition) is 2. The Balaban J connectivity index is 1.99. The van der Waals surface area contributed by atoms with E-state index in [1.54, 1.807) is 11.3 Å². The van der Waals surface area contributed by atoms with Crippen molar-refractivity contribution in [2.75, 3.05) is 0 Å². The van der Waals surface area contributed by atoms with Crippen LogP contribution in [-0.2, 0) is 6.61 Å². The van der Waals surface area contributed by atoms with Crippen LogP contribution in [0.4, 0.5) is 0 Å². The molecule has 0 atom stereocenters. The third-order valence-electron chi connectivity index (χ3n) is 3.20. The second kappa shape index (κ2) is 11.1. The third kappa shape index (κ3) is 8.08. The highest BCUT2D eigenvalue weighted by molar-refractivity contribution is 7.10. The van der Waals surface area contributed by atoms with Gasteiger partial charge in [-0.1, -0.05) is 63.7 Å². The zero-order chi connectivity index (χ0) is 13.8. The van der Waals surface area contributed by atoms with Gasteiger partial charge in [0.15, 0.2) is 0 Å². The Morgan fingerprint density at radius 1 is 1.05 bits per heavy atom. The number of aliphatic hydroxyl groups is 1. The molecule has 1 heterocycles. The van der Waals surface area contributed by atoms with E-state index in [4.69, 9.17) is 5.11 Å². The van der Waals surface area contributed by atoms with Crippen LogP contribution in [0, 0.1) is 11.8 Å². The maximum absolute atomic E-state index is 8.96. The van der Waals surface area contributed by atoms with E-state index in [0.29, 0.717) is 0 Å². The summed E-state index contributed by atoms with van der Waals surface area (Å²) in [6.07, 6.45) is 11.8. The first-order chi connectivity index (χ1) is 9.36. The molecule has 0 amide bonds. The first-order valence-corrected chi connectivity index (χ1v) is 8.42. The minimum atomic E-state index is 0.129. The van der Waals surface area contributed by atoms with Gasteiger partial charge in [0.2, 0.25) is 0 Å². The van der Waals surface area contributed by atoms with Gasteiger partial charge in [-0.2, -0.15) is 0 Å². The molecule has 0 aliphatic rings. The van der Waals surface area contributed by atoms with E-state index in [1.807, 2.05) is 11.4 Å². The molecule has 0 saturated heterocycles. The van der Waals surface area contributed by atoms with Gasteiger partial charge in [-0.05, 0) is 12.5 Å². The van der Waals surface area contributed by atoms with E-state index in [1.165, 1.54) is 51.4 Å². The van der Waals surface area contributed by atoms with Gasteiger partial charge in [0.05, 0.1) is 6.61 Å². The molecular weight excluding hydrogens is 252 g/mol. The Morgan fingerprint density at radius 3 is 2.37 bits per heavy atom. The summed E-state index contributed by atoms with van der Waals surface area (Å²) in [5, 5.41) is 11.0. The molecule has 1 rings (SSSR count). The third-order valence-corrected chi connectivity index (χ3v) is 4.12. The van der Waals surface area contributed by atoms with Crippen molar-refractivity contribution in [3.05, 3.63) is 21.9 Å². The van der Waals surface area contributed by atoms with Crippen LogP contribution < -0.4 is 0 Å². The van der Waals surface area contributed by atoms with E-state index in [9.17, 15) is 0 Å². The Bertz CT molecular complexity index is 383. The topological polar surface area (TPSA) is 20.2 Å². The van der Waals surface area contributed by atoms with Crippen LogP contribution >= 0.6 is 11.3 Å². The van der Waals surface area contributed by atoms with Crippen LogP contribution in [0.1, 0.15) is 75.2 Å². The molecule has 0 saturated carbocycles. The highest BCUT2D eigenvalue weighted by atomic mass is 32.1. The molecular formula is C17H26OS. The lowest BCUT2D eigenvalue weighted by Gasteiger charge is -1.99. The molecule has 1 aromatic rings. The van der Waals surface area contributed by atoms with Crippen molar-refractivity contribution in [2.24, 2.45) is 0 Å². The molecule has 0 aromatic carbocycles. The summed E-state index contributed by atoms with van der Waals surface area (Å²) in [6, 6.07) is 1.98. The quantitative estimate of drug-likeness (QED) is 0.491. The number of rotatable bonds is 9. The smallest absolute Gasteiger partial charge is 0.0774 e. The summed E-state index contributed by atoms with van der Waals surface area (Å²) in [5.74, 6) is 6.39. The fraction of sp³-hybridized carbons (Fsp3) is 0.647. The normalized spacial score (nSPS) is 10.2. The fourth-order valence-electron chi connectivity index (χ4n) is 2.04. The van der Waals surface area contributed by atoms with Crippen molar-refractivity contribution in [3.63, 3.8) is 0 Å². The molecule has 0 spiro atoms. The second-order valence-electron chi connectivity index (χ2n) is 4.99. The lowest BCUT2D eigenvalue weighted by atomic mass is 10.1. The summed E-state index contributed by atoms with van der Waals surface area (Å²) in [7, 11) is 0. The molecule has 0 bridgehead atoms. The average Bonchev–Trinajstić information content (AvgIpc) is 2.89. The summed E-state index contributed by atoms with van der Waals surface area (Å²) in [5.41, 5.74) is 1.05. The van der Waals surface area contributed by atoms with Crippen LogP contribution in [0.2, 0.25) is 0 Å². The molecule has 0 unspecified atom stereocenters. The number of aliphatic hydroxyl groups excluding tert-OH is 1. The van der Waals surface area contributed by atoms with Gasteiger partial charge in [0.25, 0.3) is 0 Å². The van der Waals surface area contributed by atoms with Crippen molar-refractivity contribution in [3.8, 4) is 11.8 Å². The monoisotopic (exact) mass is 278 g/mol. The Labute approximate surface area is 122 Å². The molecule has 0 aliphatic heterocycles. The fourth-order valence-corrected chi connectivity index (χ4v) is 2.72. The van der Waals surface area contributed by atoms with E-state index in [0.717, 1.165) is 16.9 Å². The number of hydrogen-bond donors (Lipinski definition) is 1. The zero-order valence-electron chi connectivity index (χ0n) is 12.1. The second-order valence-corrected chi connectivity index (χ2v) is 5.98. The molecule has 2 heteroatoms. The van der Waals surface area contributed by atoms with Crippen LogP contribution in [0.15, 0.2) is 11.4 Å². The van der Waals surface area contributed by atoms with Gasteiger partial charge in [0, 0.05) is 22.2 Å². The van der Waals surface area contributed by atoms with E-state index >= 15 is 0 Å². The average molecular weight is 278 g/mol. The highest BCUT2D eigenvalue weighted by Gasteiger charge is 1.94. The summed E-state index contributed by atoms with van der Waals surface area (Å²) < 4.78 is 0. The highest BCUT2D eigenvalue weighted by Crippen LogP contribution is 2.13. The predicted octanol–water partition coefficient (Wildman–Crippen LogP) is 5.12. The molecule has 106 valence electrons. The molecule has 0 aliphatic carbocycles. The number of thiophene rings is 1. The largest absolute Gasteiger partial charge is 0.391 e. The maximum atomic E-state index is 8.96. The Morgan fingerprint density at radius 2 is 1.74 bits per heavy atom. The standard InChI is InChI=1S/C17H26OS/c1-2-3-4-5-6-7-8-9-10-11-12-16-13-17(14-18)19-15-16/h13,15,18H,2-10,14H2,1H3. The molecule has 0 radical (unpaired) electrons. The molecule has 19 heavy (non-hydrogen) atoms. The van der Waals surface area contributed by atoms with Gasteiger partial charge in [-0.25, -0.2) is 0 Å². The van der Waals surface area contributed by atoms with Gasteiger partial charge < -0.3 is 5.11 Å². The van der Waals surface area contributed by atoms with Gasteiger partial charge in [-0.15, -0.1) is 11.3 Å². The predicted molar refractivity (Wildman–Crippen MR) is 84.3 cm³/mol. The van der Waals surface area contributed by atoms with E-state index in [2.05, 4.69) is 18.8 Å². The maximum Gasteiger partial charge on any atom is 0.0774 e. The van der Waals surface area contributed by atoms with Crippen molar-refractivity contribution in [2.45, 2.75) is 71.3 Å². The summed E-state index contributed by atoms with van der Waals surface area (Å²) in [4.78, 5) is 0.997. The SMILES string of the molecule is CCCCCCCCCCC#Cc1csc(CO)c1. The van der Waals surface area contributed by atoms with E-state index in [-0.39, 0.29) is 6.61 Å². The molecule has 1 aromatic heterocycles. The van der Waals surface area contributed by atoms with Crippen LogP contribution in [-0.4, -0.2) is 5.11 Å². The van der Waals surface area contributed by atoms with E-state index < -0.39 is 0 Å². The van der Waals surface area contributed by atoms with Crippen LogP contribution in [0.3, 0.4) is 0 Å². The van der Waals surface area contributed by atoms with Gasteiger partial charge in [-0.3, -0.25) is 0 Å². The lowest BCUT2D eigenvalue weighted by Crippen LogP contribution is -1.80. The van der Waals surface area contributed by atoms with Crippen molar-refractivity contribution in [1.29, 1.82) is 0 Å². The first-order valence-electron chi connectivity index (χ1n) is 7.54. The number of unbranched alkanes of at least 4 members (excludes halogenated alkanes) is 8. The molecule has 0 fully saturated rings. The van der Waals surface area contributed by atoms with Crippen molar-refractivity contribution < 1.29 is 5.11 Å².